The van der Waals surface area contributed by atoms with Crippen molar-refractivity contribution in [3.8, 4) is 23.3 Å². The highest BCUT2D eigenvalue weighted by Gasteiger charge is 2.27. The number of aromatic nitrogens is 3. The van der Waals surface area contributed by atoms with Gasteiger partial charge in [0.1, 0.15) is 17.6 Å². The van der Waals surface area contributed by atoms with Crippen LogP contribution >= 0.6 is 0 Å². The van der Waals surface area contributed by atoms with Crippen LogP contribution in [0, 0.1) is 10.1 Å². The van der Waals surface area contributed by atoms with E-state index < -0.39 is 10.6 Å². The van der Waals surface area contributed by atoms with E-state index >= 15 is 0 Å². The zero-order chi connectivity index (χ0) is 18.6. The average molecular weight is 360 g/mol. The molecule has 4 aromatic rings. The molecule has 0 saturated carbocycles. The number of para-hydroxylation sites is 2. The first-order valence-corrected chi connectivity index (χ1v) is 7.96. The Bertz CT molecular complexity index is 1110. The van der Waals surface area contributed by atoms with E-state index in [1.54, 1.807) is 48.7 Å². The number of nitro groups is 1. The molecule has 0 aliphatic heterocycles. The highest BCUT2D eigenvalue weighted by molar-refractivity contribution is 5.84. The molecule has 4 rings (SSSR count). The lowest BCUT2D eigenvalue weighted by Crippen LogP contribution is -2.01. The van der Waals surface area contributed by atoms with Crippen molar-refractivity contribution in [2.45, 2.75) is 0 Å². The molecule has 0 saturated heterocycles. The van der Waals surface area contributed by atoms with Gasteiger partial charge in [0.05, 0.1) is 4.92 Å². The van der Waals surface area contributed by atoms with Crippen LogP contribution in [0.15, 0.2) is 73.2 Å². The van der Waals surface area contributed by atoms with Gasteiger partial charge in [0.15, 0.2) is 5.75 Å². The molecular weight excluding hydrogens is 348 g/mol. The zero-order valence-electron chi connectivity index (χ0n) is 13.9. The Hall–Kier alpha value is -4.07. The molecule has 0 spiro atoms. The number of rotatable bonds is 5. The van der Waals surface area contributed by atoms with Gasteiger partial charge >= 0.3 is 17.4 Å². The SMILES string of the molecule is O=[N+]([O-])c1c(Oc2ccccc2)ncnc1Oc1cccc2cccnc12. The van der Waals surface area contributed by atoms with Gasteiger partial charge in [-0.3, -0.25) is 15.1 Å². The van der Waals surface area contributed by atoms with Crippen LogP contribution in [0.25, 0.3) is 10.9 Å². The summed E-state index contributed by atoms with van der Waals surface area (Å²) in [6.07, 6.45) is 2.77. The van der Waals surface area contributed by atoms with Crippen LogP contribution in [-0.2, 0) is 0 Å². The van der Waals surface area contributed by atoms with Crippen LogP contribution in [0.3, 0.4) is 0 Å². The summed E-state index contributed by atoms with van der Waals surface area (Å²) in [5.74, 6) is 0.334. The van der Waals surface area contributed by atoms with Crippen LogP contribution in [0.1, 0.15) is 0 Å². The summed E-state index contributed by atoms with van der Waals surface area (Å²) in [6, 6.07) is 17.6. The second-order valence-corrected chi connectivity index (χ2v) is 5.44. The molecule has 0 amide bonds. The first kappa shape index (κ1) is 16.4. The lowest BCUT2D eigenvalue weighted by Gasteiger charge is -2.09. The first-order chi connectivity index (χ1) is 13.2. The van der Waals surface area contributed by atoms with E-state index in [1.807, 2.05) is 18.2 Å². The summed E-state index contributed by atoms with van der Waals surface area (Å²) in [7, 11) is 0. The molecule has 0 radical (unpaired) electrons. The predicted octanol–water partition coefficient (Wildman–Crippen LogP) is 4.52. The van der Waals surface area contributed by atoms with E-state index in [0.717, 1.165) is 11.7 Å². The highest BCUT2D eigenvalue weighted by atomic mass is 16.6. The van der Waals surface area contributed by atoms with Gasteiger partial charge in [0.25, 0.3) is 0 Å². The Kier molecular flexibility index (Phi) is 4.28. The normalized spacial score (nSPS) is 10.5. The van der Waals surface area contributed by atoms with Crippen molar-refractivity contribution in [2.75, 3.05) is 0 Å². The number of hydrogen-bond acceptors (Lipinski definition) is 7. The second kappa shape index (κ2) is 7.04. The fourth-order valence-corrected chi connectivity index (χ4v) is 2.52. The summed E-state index contributed by atoms with van der Waals surface area (Å²) in [4.78, 5) is 23.1. The molecule has 2 heterocycles. The zero-order valence-corrected chi connectivity index (χ0v) is 13.9. The number of pyridine rings is 1. The molecule has 0 unspecified atom stereocenters. The Morgan fingerprint density at radius 2 is 1.56 bits per heavy atom. The van der Waals surface area contributed by atoms with Crippen molar-refractivity contribution < 1.29 is 14.4 Å². The minimum absolute atomic E-state index is 0.204. The minimum Gasteiger partial charge on any atom is -0.433 e. The summed E-state index contributed by atoms with van der Waals surface area (Å²) >= 11 is 0. The van der Waals surface area contributed by atoms with Crippen molar-refractivity contribution in [1.29, 1.82) is 0 Å². The molecular formula is C19H12N4O4. The van der Waals surface area contributed by atoms with Crippen LogP contribution in [0.5, 0.6) is 23.3 Å². The fraction of sp³-hybridized carbons (Fsp3) is 0. The highest BCUT2D eigenvalue weighted by Crippen LogP contribution is 2.38. The molecule has 132 valence electrons. The molecule has 8 nitrogen and oxygen atoms in total. The fourth-order valence-electron chi connectivity index (χ4n) is 2.52. The number of ether oxygens (including phenoxy) is 2. The Balaban J connectivity index is 1.76. The maximum Gasteiger partial charge on any atom is 0.393 e. The van der Waals surface area contributed by atoms with Gasteiger partial charge < -0.3 is 9.47 Å². The smallest absolute Gasteiger partial charge is 0.393 e. The maximum atomic E-state index is 11.6. The predicted molar refractivity (Wildman–Crippen MR) is 97.0 cm³/mol. The van der Waals surface area contributed by atoms with Crippen LogP contribution < -0.4 is 9.47 Å². The van der Waals surface area contributed by atoms with Crippen molar-refractivity contribution in [2.24, 2.45) is 0 Å². The molecule has 0 bridgehead atoms. The Morgan fingerprint density at radius 3 is 2.33 bits per heavy atom. The van der Waals surface area contributed by atoms with Gasteiger partial charge in [-0.1, -0.05) is 36.4 Å². The number of nitrogens with zero attached hydrogens (tertiary/aromatic N) is 4. The molecule has 8 heteroatoms. The third kappa shape index (κ3) is 3.36. The topological polar surface area (TPSA) is 100 Å². The van der Waals surface area contributed by atoms with Crippen LogP contribution in [0.2, 0.25) is 0 Å². The van der Waals surface area contributed by atoms with Crippen LogP contribution in [-0.4, -0.2) is 19.9 Å². The monoisotopic (exact) mass is 360 g/mol. The molecule has 0 atom stereocenters. The summed E-state index contributed by atoms with van der Waals surface area (Å²) in [6.45, 7) is 0. The molecule has 0 aliphatic carbocycles. The standard InChI is InChI=1S/C19H12N4O4/c24-23(25)17-18(26-14-8-2-1-3-9-14)21-12-22-19(17)27-15-10-4-6-13-7-5-11-20-16(13)15/h1-12H. The van der Waals surface area contributed by atoms with E-state index in [4.69, 9.17) is 9.47 Å². The lowest BCUT2D eigenvalue weighted by atomic mass is 10.2. The summed E-state index contributed by atoms with van der Waals surface area (Å²) in [5, 5.41) is 12.5. The van der Waals surface area contributed by atoms with E-state index in [9.17, 15) is 10.1 Å². The third-order valence-corrected chi connectivity index (χ3v) is 3.70. The Morgan fingerprint density at radius 1 is 0.815 bits per heavy atom. The van der Waals surface area contributed by atoms with E-state index in [2.05, 4.69) is 15.0 Å². The second-order valence-electron chi connectivity index (χ2n) is 5.44. The van der Waals surface area contributed by atoms with Gasteiger partial charge in [-0.05, 0) is 24.3 Å². The molecule has 0 aliphatic rings. The maximum absolute atomic E-state index is 11.6. The van der Waals surface area contributed by atoms with Crippen molar-refractivity contribution in [3.05, 3.63) is 83.3 Å². The van der Waals surface area contributed by atoms with Crippen molar-refractivity contribution >= 4 is 16.6 Å². The van der Waals surface area contributed by atoms with Gasteiger partial charge in [-0.15, -0.1) is 0 Å². The largest absolute Gasteiger partial charge is 0.433 e. The minimum atomic E-state index is -0.633. The Labute approximate surface area is 153 Å². The molecule has 27 heavy (non-hydrogen) atoms. The van der Waals surface area contributed by atoms with Gasteiger partial charge in [-0.2, -0.15) is 9.97 Å². The first-order valence-electron chi connectivity index (χ1n) is 7.96. The molecule has 2 aromatic carbocycles. The summed E-state index contributed by atoms with van der Waals surface area (Å²) < 4.78 is 11.3. The molecule has 2 aromatic heterocycles. The van der Waals surface area contributed by atoms with E-state index in [-0.39, 0.29) is 11.8 Å². The molecule has 0 N–H and O–H groups in total. The lowest BCUT2D eigenvalue weighted by molar-refractivity contribution is -0.387. The molecule has 0 fully saturated rings. The van der Waals surface area contributed by atoms with Gasteiger partial charge in [-0.25, -0.2) is 0 Å². The van der Waals surface area contributed by atoms with E-state index in [1.165, 1.54) is 0 Å². The van der Waals surface area contributed by atoms with Crippen molar-refractivity contribution in [1.82, 2.24) is 15.0 Å². The van der Waals surface area contributed by atoms with Gasteiger partial charge in [0, 0.05) is 11.6 Å². The van der Waals surface area contributed by atoms with Gasteiger partial charge in [0.2, 0.25) is 0 Å². The van der Waals surface area contributed by atoms with E-state index in [0.29, 0.717) is 17.0 Å². The number of benzene rings is 2. The number of hydrogen-bond donors (Lipinski definition) is 0. The summed E-state index contributed by atoms with van der Waals surface area (Å²) in [5.41, 5.74) is 0.104. The quantitative estimate of drug-likeness (QED) is 0.381. The average Bonchev–Trinajstić information content (AvgIpc) is 2.69. The number of fused-ring (bicyclic) bond motifs is 1. The third-order valence-electron chi connectivity index (χ3n) is 3.70. The van der Waals surface area contributed by atoms with Crippen molar-refractivity contribution in [3.63, 3.8) is 0 Å². The van der Waals surface area contributed by atoms with Crippen LogP contribution in [0.4, 0.5) is 5.69 Å².